The number of fused-ring (bicyclic) bond motifs is 1. The maximum Gasteiger partial charge on any atom is 0.249 e. The standard InChI is InChI=1S/C12H17N3O/c1-12(2)11(16)14-9-7-8(13-3)5-6-10(9)15(12)4/h5-7,13H,1-4H3,(H,14,16). The zero-order chi connectivity index (χ0) is 11.9. The van der Waals surface area contributed by atoms with Crippen LogP contribution in [0.25, 0.3) is 0 Å². The predicted octanol–water partition coefficient (Wildman–Crippen LogP) is 1.90. The number of benzene rings is 1. The van der Waals surface area contributed by atoms with Crippen LogP contribution < -0.4 is 15.5 Å². The van der Waals surface area contributed by atoms with Gasteiger partial charge in [0, 0.05) is 19.8 Å². The van der Waals surface area contributed by atoms with Gasteiger partial charge in [0.2, 0.25) is 5.91 Å². The summed E-state index contributed by atoms with van der Waals surface area (Å²) in [5.74, 6) is 0.0238. The Morgan fingerprint density at radius 3 is 2.69 bits per heavy atom. The topological polar surface area (TPSA) is 44.4 Å². The Labute approximate surface area is 95.6 Å². The van der Waals surface area contributed by atoms with Crippen LogP contribution in [0, 0.1) is 0 Å². The van der Waals surface area contributed by atoms with Crippen LogP contribution in [-0.2, 0) is 4.79 Å². The Morgan fingerprint density at radius 2 is 2.06 bits per heavy atom. The molecule has 0 fully saturated rings. The van der Waals surface area contributed by atoms with Gasteiger partial charge in [0.15, 0.2) is 0 Å². The molecule has 4 nitrogen and oxygen atoms in total. The molecule has 0 atom stereocenters. The highest BCUT2D eigenvalue weighted by Crippen LogP contribution is 2.36. The van der Waals surface area contributed by atoms with Gasteiger partial charge in [-0.3, -0.25) is 4.79 Å². The van der Waals surface area contributed by atoms with Gasteiger partial charge in [0.1, 0.15) is 5.54 Å². The largest absolute Gasteiger partial charge is 0.388 e. The fraction of sp³-hybridized carbons (Fsp3) is 0.417. The fourth-order valence-corrected chi connectivity index (χ4v) is 1.81. The Balaban J connectivity index is 2.51. The van der Waals surface area contributed by atoms with E-state index in [0.29, 0.717) is 0 Å². The van der Waals surface area contributed by atoms with Crippen molar-refractivity contribution in [1.29, 1.82) is 0 Å². The highest BCUT2D eigenvalue weighted by atomic mass is 16.2. The fourth-order valence-electron chi connectivity index (χ4n) is 1.81. The molecule has 1 amide bonds. The Bertz CT molecular complexity index is 440. The van der Waals surface area contributed by atoms with Crippen LogP contribution in [0.2, 0.25) is 0 Å². The van der Waals surface area contributed by atoms with Gasteiger partial charge in [-0.2, -0.15) is 0 Å². The van der Waals surface area contributed by atoms with Crippen molar-refractivity contribution in [3.63, 3.8) is 0 Å². The van der Waals surface area contributed by atoms with Crippen LogP contribution in [0.4, 0.5) is 17.1 Å². The third kappa shape index (κ3) is 1.41. The number of hydrogen-bond donors (Lipinski definition) is 2. The zero-order valence-corrected chi connectivity index (χ0v) is 10.1. The van der Waals surface area contributed by atoms with E-state index in [2.05, 4.69) is 10.6 Å². The highest BCUT2D eigenvalue weighted by molar-refractivity contribution is 6.06. The number of hydrogen-bond acceptors (Lipinski definition) is 3. The van der Waals surface area contributed by atoms with Crippen molar-refractivity contribution in [3.05, 3.63) is 18.2 Å². The van der Waals surface area contributed by atoms with E-state index in [1.54, 1.807) is 0 Å². The molecule has 0 bridgehead atoms. The predicted molar refractivity (Wildman–Crippen MR) is 67.1 cm³/mol. The molecule has 2 N–H and O–H groups in total. The summed E-state index contributed by atoms with van der Waals surface area (Å²) in [5.41, 5.74) is 2.39. The lowest BCUT2D eigenvalue weighted by atomic mass is 9.97. The molecule has 16 heavy (non-hydrogen) atoms. The van der Waals surface area contributed by atoms with Crippen molar-refractivity contribution in [2.75, 3.05) is 29.6 Å². The smallest absolute Gasteiger partial charge is 0.249 e. The van der Waals surface area contributed by atoms with Crippen molar-refractivity contribution in [1.82, 2.24) is 0 Å². The summed E-state index contributed by atoms with van der Waals surface area (Å²) in [5, 5.41) is 5.99. The molecule has 0 aliphatic carbocycles. The molecule has 1 aliphatic rings. The SMILES string of the molecule is CNc1ccc2c(c1)NC(=O)C(C)(C)N2C. The Kier molecular flexibility index (Phi) is 2.30. The van der Waals surface area contributed by atoms with Crippen molar-refractivity contribution in [2.45, 2.75) is 19.4 Å². The second kappa shape index (κ2) is 3.40. The van der Waals surface area contributed by atoms with Gasteiger partial charge >= 0.3 is 0 Å². The van der Waals surface area contributed by atoms with Crippen molar-refractivity contribution >= 4 is 23.0 Å². The van der Waals surface area contributed by atoms with Gasteiger partial charge in [-0.15, -0.1) is 0 Å². The summed E-state index contributed by atoms with van der Waals surface area (Å²) in [6.45, 7) is 3.83. The summed E-state index contributed by atoms with van der Waals surface area (Å²) >= 11 is 0. The lowest BCUT2D eigenvalue weighted by Gasteiger charge is -2.41. The van der Waals surface area contributed by atoms with Crippen LogP contribution in [0.3, 0.4) is 0 Å². The van der Waals surface area contributed by atoms with E-state index in [1.165, 1.54) is 0 Å². The van der Waals surface area contributed by atoms with Gasteiger partial charge in [-0.05, 0) is 32.0 Å². The Morgan fingerprint density at radius 1 is 1.38 bits per heavy atom. The minimum absolute atomic E-state index is 0.0238. The maximum atomic E-state index is 11.9. The average Bonchev–Trinajstić information content (AvgIpc) is 2.26. The third-order valence-electron chi connectivity index (χ3n) is 3.29. The highest BCUT2D eigenvalue weighted by Gasteiger charge is 2.37. The number of anilines is 3. The molecule has 0 aromatic heterocycles. The van der Waals surface area contributed by atoms with Gasteiger partial charge < -0.3 is 15.5 Å². The van der Waals surface area contributed by atoms with E-state index in [9.17, 15) is 4.79 Å². The second-order valence-electron chi connectivity index (χ2n) is 4.55. The molecule has 0 unspecified atom stereocenters. The van der Waals surface area contributed by atoms with E-state index in [-0.39, 0.29) is 5.91 Å². The molecule has 4 heteroatoms. The van der Waals surface area contributed by atoms with Gasteiger partial charge in [-0.25, -0.2) is 0 Å². The van der Waals surface area contributed by atoms with Crippen LogP contribution in [0.5, 0.6) is 0 Å². The molecular weight excluding hydrogens is 202 g/mol. The van der Waals surface area contributed by atoms with Crippen LogP contribution in [-0.4, -0.2) is 25.5 Å². The lowest BCUT2D eigenvalue weighted by molar-refractivity contribution is -0.120. The number of nitrogens with zero attached hydrogens (tertiary/aromatic N) is 1. The average molecular weight is 219 g/mol. The van der Waals surface area contributed by atoms with Gasteiger partial charge in [-0.1, -0.05) is 0 Å². The quantitative estimate of drug-likeness (QED) is 0.758. The molecule has 1 heterocycles. The first-order chi connectivity index (χ1) is 7.46. The summed E-state index contributed by atoms with van der Waals surface area (Å²) in [6.07, 6.45) is 0. The van der Waals surface area contributed by atoms with Gasteiger partial charge in [0.05, 0.1) is 11.4 Å². The molecular formula is C12H17N3O. The van der Waals surface area contributed by atoms with Crippen molar-refractivity contribution < 1.29 is 4.79 Å². The van der Waals surface area contributed by atoms with Crippen LogP contribution in [0.15, 0.2) is 18.2 Å². The Hall–Kier alpha value is -1.71. The minimum atomic E-state index is -0.506. The number of nitrogens with one attached hydrogen (secondary N) is 2. The summed E-state index contributed by atoms with van der Waals surface area (Å²) in [6, 6.07) is 5.96. The number of rotatable bonds is 1. The van der Waals surface area contributed by atoms with E-state index in [4.69, 9.17) is 0 Å². The number of carbonyl (C=O) groups is 1. The maximum absolute atomic E-state index is 11.9. The van der Waals surface area contributed by atoms with Crippen LogP contribution in [0.1, 0.15) is 13.8 Å². The lowest BCUT2D eigenvalue weighted by Crippen LogP contribution is -2.54. The first-order valence-electron chi connectivity index (χ1n) is 5.34. The molecule has 2 rings (SSSR count). The van der Waals surface area contributed by atoms with E-state index >= 15 is 0 Å². The number of likely N-dealkylation sites (N-methyl/N-ethyl adjacent to an activating group) is 1. The monoisotopic (exact) mass is 219 g/mol. The molecule has 0 saturated heterocycles. The minimum Gasteiger partial charge on any atom is -0.388 e. The summed E-state index contributed by atoms with van der Waals surface area (Å²) in [4.78, 5) is 13.9. The van der Waals surface area contributed by atoms with Crippen molar-refractivity contribution in [2.24, 2.45) is 0 Å². The van der Waals surface area contributed by atoms with E-state index in [0.717, 1.165) is 17.1 Å². The first kappa shape index (κ1) is 10.8. The van der Waals surface area contributed by atoms with Crippen LogP contribution >= 0.6 is 0 Å². The summed E-state index contributed by atoms with van der Waals surface area (Å²) in [7, 11) is 3.80. The number of carbonyl (C=O) groups excluding carboxylic acids is 1. The summed E-state index contributed by atoms with van der Waals surface area (Å²) < 4.78 is 0. The third-order valence-corrected chi connectivity index (χ3v) is 3.29. The molecule has 1 aliphatic heterocycles. The molecule has 0 radical (unpaired) electrons. The molecule has 0 spiro atoms. The molecule has 1 aromatic carbocycles. The second-order valence-corrected chi connectivity index (χ2v) is 4.55. The zero-order valence-electron chi connectivity index (χ0n) is 10.1. The van der Waals surface area contributed by atoms with Gasteiger partial charge in [0.25, 0.3) is 0 Å². The molecule has 1 aromatic rings. The molecule has 0 saturated carbocycles. The molecule has 86 valence electrons. The first-order valence-corrected chi connectivity index (χ1v) is 5.34. The van der Waals surface area contributed by atoms with Crippen molar-refractivity contribution in [3.8, 4) is 0 Å². The van der Waals surface area contributed by atoms with E-state index < -0.39 is 5.54 Å². The normalized spacial score (nSPS) is 17.8. The van der Waals surface area contributed by atoms with E-state index in [1.807, 2.05) is 51.0 Å². The number of amides is 1.